The van der Waals surface area contributed by atoms with Gasteiger partial charge in [0, 0.05) is 12.2 Å². The predicted octanol–water partition coefficient (Wildman–Crippen LogP) is 4.29. The number of methoxy groups -OCH3 is 1. The van der Waals surface area contributed by atoms with E-state index >= 15 is 0 Å². The van der Waals surface area contributed by atoms with Crippen molar-refractivity contribution in [2.45, 2.75) is 18.4 Å². The summed E-state index contributed by atoms with van der Waals surface area (Å²) in [6, 6.07) is 21.4. The first-order valence-electron chi connectivity index (χ1n) is 9.24. The molecule has 0 saturated heterocycles. The average molecular weight is 442 g/mol. The molecule has 0 saturated carbocycles. The molecule has 0 aliphatic heterocycles. The molecule has 3 aromatic rings. The molecular formula is C22H23N3O3S2. The van der Waals surface area contributed by atoms with Gasteiger partial charge in [0.25, 0.3) is 10.0 Å². The van der Waals surface area contributed by atoms with Crippen LogP contribution in [-0.4, -0.2) is 20.6 Å². The summed E-state index contributed by atoms with van der Waals surface area (Å²) >= 11 is 5.31. The predicted molar refractivity (Wildman–Crippen MR) is 124 cm³/mol. The fourth-order valence-corrected chi connectivity index (χ4v) is 3.97. The molecule has 0 aliphatic rings. The topological polar surface area (TPSA) is 79.5 Å². The molecule has 0 fully saturated rings. The molecule has 156 valence electrons. The van der Waals surface area contributed by atoms with Crippen LogP contribution >= 0.6 is 12.2 Å². The zero-order valence-corrected chi connectivity index (χ0v) is 18.3. The van der Waals surface area contributed by atoms with Crippen LogP contribution in [0.15, 0.2) is 77.7 Å². The lowest BCUT2D eigenvalue weighted by molar-refractivity contribution is 0.417. The first kappa shape index (κ1) is 21.6. The van der Waals surface area contributed by atoms with Gasteiger partial charge < -0.3 is 15.4 Å². The van der Waals surface area contributed by atoms with E-state index in [0.717, 1.165) is 5.56 Å². The van der Waals surface area contributed by atoms with E-state index in [0.29, 0.717) is 28.8 Å². The van der Waals surface area contributed by atoms with Crippen LogP contribution in [0.3, 0.4) is 0 Å². The highest BCUT2D eigenvalue weighted by Crippen LogP contribution is 2.26. The second-order valence-corrected chi connectivity index (χ2v) is 8.71. The Balaban J connectivity index is 1.61. The molecule has 0 amide bonds. The number of benzene rings is 3. The number of aryl methyl sites for hydroxylation is 1. The normalized spacial score (nSPS) is 10.9. The van der Waals surface area contributed by atoms with Crippen molar-refractivity contribution in [3.63, 3.8) is 0 Å². The highest BCUT2D eigenvalue weighted by atomic mass is 32.2. The van der Waals surface area contributed by atoms with E-state index in [9.17, 15) is 8.42 Å². The minimum Gasteiger partial charge on any atom is -0.495 e. The summed E-state index contributed by atoms with van der Waals surface area (Å²) in [7, 11) is -2.26. The minimum atomic E-state index is -3.75. The van der Waals surface area contributed by atoms with Crippen LogP contribution < -0.4 is 20.1 Å². The van der Waals surface area contributed by atoms with Gasteiger partial charge in [-0.25, -0.2) is 8.42 Å². The molecule has 0 heterocycles. The Labute approximate surface area is 182 Å². The van der Waals surface area contributed by atoms with E-state index < -0.39 is 10.0 Å². The van der Waals surface area contributed by atoms with Crippen LogP contribution in [0.2, 0.25) is 0 Å². The highest BCUT2D eigenvalue weighted by Gasteiger charge is 2.16. The summed E-state index contributed by atoms with van der Waals surface area (Å²) in [6.45, 7) is 2.64. The molecule has 0 aromatic heterocycles. The van der Waals surface area contributed by atoms with Crippen molar-refractivity contribution in [3.8, 4) is 5.75 Å². The van der Waals surface area contributed by atoms with E-state index in [1.54, 1.807) is 36.4 Å². The van der Waals surface area contributed by atoms with Crippen molar-refractivity contribution in [2.75, 3.05) is 17.1 Å². The van der Waals surface area contributed by atoms with Crippen LogP contribution in [0.4, 0.5) is 11.4 Å². The van der Waals surface area contributed by atoms with Crippen molar-refractivity contribution >= 4 is 38.7 Å². The number of sulfonamides is 1. The lowest BCUT2D eigenvalue weighted by Crippen LogP contribution is -2.27. The second kappa shape index (κ2) is 9.60. The fraction of sp³-hybridized carbons (Fsp3) is 0.136. The van der Waals surface area contributed by atoms with Crippen molar-refractivity contribution < 1.29 is 13.2 Å². The maximum Gasteiger partial charge on any atom is 0.262 e. The molecule has 3 aromatic carbocycles. The van der Waals surface area contributed by atoms with E-state index in [2.05, 4.69) is 15.4 Å². The first-order chi connectivity index (χ1) is 14.4. The smallest absolute Gasteiger partial charge is 0.262 e. The summed E-state index contributed by atoms with van der Waals surface area (Å²) in [4.78, 5) is 0.137. The zero-order valence-electron chi connectivity index (χ0n) is 16.7. The molecule has 30 heavy (non-hydrogen) atoms. The Kier molecular flexibility index (Phi) is 6.91. The van der Waals surface area contributed by atoms with Crippen LogP contribution in [0, 0.1) is 6.92 Å². The van der Waals surface area contributed by atoms with Gasteiger partial charge in [0.1, 0.15) is 5.75 Å². The lowest BCUT2D eigenvalue weighted by atomic mass is 10.1. The average Bonchev–Trinajstić information content (AvgIpc) is 2.74. The number of hydrogen-bond acceptors (Lipinski definition) is 4. The van der Waals surface area contributed by atoms with Gasteiger partial charge in [-0.05, 0) is 61.1 Å². The van der Waals surface area contributed by atoms with E-state index in [1.807, 2.05) is 31.2 Å². The van der Waals surface area contributed by atoms with Gasteiger partial charge in [0.15, 0.2) is 5.11 Å². The molecule has 0 unspecified atom stereocenters. The minimum absolute atomic E-state index is 0.137. The van der Waals surface area contributed by atoms with E-state index in [4.69, 9.17) is 17.0 Å². The second-order valence-electron chi connectivity index (χ2n) is 6.62. The number of para-hydroxylation sites is 2. The molecule has 3 rings (SSSR count). The van der Waals surface area contributed by atoms with Crippen LogP contribution in [-0.2, 0) is 16.6 Å². The molecule has 0 bridgehead atoms. The number of anilines is 2. The summed E-state index contributed by atoms with van der Waals surface area (Å²) in [5.74, 6) is 0.448. The Morgan fingerprint density at radius 3 is 2.30 bits per heavy atom. The van der Waals surface area contributed by atoms with Crippen LogP contribution in [0.25, 0.3) is 0 Å². The number of hydrogen-bond donors (Lipinski definition) is 3. The Morgan fingerprint density at radius 1 is 0.967 bits per heavy atom. The van der Waals surface area contributed by atoms with Crippen LogP contribution in [0.1, 0.15) is 11.1 Å². The first-order valence-corrected chi connectivity index (χ1v) is 11.1. The SMILES string of the molecule is COc1ccccc1NS(=O)(=O)c1ccc(NC(=S)NCc2ccc(C)cc2)cc1. The van der Waals surface area contributed by atoms with Crippen molar-refractivity contribution in [1.82, 2.24) is 5.32 Å². The molecule has 0 atom stereocenters. The summed E-state index contributed by atoms with van der Waals surface area (Å²) in [5.41, 5.74) is 3.39. The third-order valence-corrected chi connectivity index (χ3v) is 5.98. The van der Waals surface area contributed by atoms with Crippen molar-refractivity contribution in [3.05, 3.63) is 83.9 Å². The van der Waals surface area contributed by atoms with E-state index in [1.165, 1.54) is 24.8 Å². The third kappa shape index (κ3) is 5.71. The Morgan fingerprint density at radius 2 is 1.63 bits per heavy atom. The van der Waals surface area contributed by atoms with Gasteiger partial charge >= 0.3 is 0 Å². The Hall–Kier alpha value is -3.10. The van der Waals surface area contributed by atoms with Gasteiger partial charge in [-0.15, -0.1) is 0 Å². The molecule has 0 spiro atoms. The van der Waals surface area contributed by atoms with Crippen LogP contribution in [0.5, 0.6) is 5.75 Å². The zero-order chi connectivity index (χ0) is 21.6. The van der Waals surface area contributed by atoms with E-state index in [-0.39, 0.29) is 4.90 Å². The summed E-state index contributed by atoms with van der Waals surface area (Å²) < 4.78 is 33.1. The van der Waals surface area contributed by atoms with Crippen molar-refractivity contribution in [1.29, 1.82) is 0 Å². The van der Waals surface area contributed by atoms with Crippen molar-refractivity contribution in [2.24, 2.45) is 0 Å². The standard InChI is InChI=1S/C22H23N3O3S2/c1-16-7-9-17(10-8-16)15-23-22(29)24-18-11-13-19(14-12-18)30(26,27)25-20-5-3-4-6-21(20)28-2/h3-14,25H,15H2,1-2H3,(H2,23,24,29). The molecule has 3 N–H and O–H groups in total. The quantitative estimate of drug-likeness (QED) is 0.475. The number of nitrogens with one attached hydrogen (secondary N) is 3. The maximum absolute atomic E-state index is 12.7. The van der Waals surface area contributed by atoms with Gasteiger partial charge in [-0.2, -0.15) is 0 Å². The number of ether oxygens (including phenoxy) is 1. The number of rotatable bonds is 7. The largest absolute Gasteiger partial charge is 0.495 e. The lowest BCUT2D eigenvalue weighted by Gasteiger charge is -2.13. The maximum atomic E-state index is 12.7. The molecule has 0 aliphatic carbocycles. The highest BCUT2D eigenvalue weighted by molar-refractivity contribution is 7.92. The summed E-state index contributed by atoms with van der Waals surface area (Å²) in [6.07, 6.45) is 0. The molecule has 8 heteroatoms. The molecular weight excluding hydrogens is 418 g/mol. The van der Waals surface area contributed by atoms with Gasteiger partial charge in [-0.1, -0.05) is 42.0 Å². The van der Waals surface area contributed by atoms with Gasteiger partial charge in [0.2, 0.25) is 0 Å². The number of thiocarbonyl (C=S) groups is 1. The molecule has 0 radical (unpaired) electrons. The third-order valence-electron chi connectivity index (χ3n) is 4.35. The fourth-order valence-electron chi connectivity index (χ4n) is 2.71. The van der Waals surface area contributed by atoms with Gasteiger partial charge in [0.05, 0.1) is 17.7 Å². The molecule has 6 nitrogen and oxygen atoms in total. The summed E-state index contributed by atoms with van der Waals surface area (Å²) in [5, 5.41) is 6.64. The monoisotopic (exact) mass is 441 g/mol. The van der Waals surface area contributed by atoms with Gasteiger partial charge in [-0.3, -0.25) is 4.72 Å². The Bertz CT molecular complexity index is 1110.